The summed E-state index contributed by atoms with van der Waals surface area (Å²) in [5, 5.41) is -1.21. The highest BCUT2D eigenvalue weighted by Crippen LogP contribution is 2.40. The molecule has 0 aliphatic heterocycles. The number of rotatable bonds is 13. The Morgan fingerprint density at radius 3 is 1.77 bits per heavy atom. The molecule has 0 atom stereocenters. The third-order valence-corrected chi connectivity index (χ3v) is 6.26. The summed E-state index contributed by atoms with van der Waals surface area (Å²) < 4.78 is 106. The number of carbonyl (C=O) groups is 1. The van der Waals surface area contributed by atoms with Crippen molar-refractivity contribution in [2.75, 3.05) is 26.4 Å². The Balaban J connectivity index is 4.95. The van der Waals surface area contributed by atoms with Gasteiger partial charge in [-0.15, -0.1) is 0 Å². The Kier molecular flexibility index (Phi) is 10.1. The van der Waals surface area contributed by atoms with Crippen molar-refractivity contribution in [3.8, 4) is 0 Å². The van der Waals surface area contributed by atoms with Crippen molar-refractivity contribution in [2.45, 2.75) is 51.5 Å². The molecule has 0 rings (SSSR count). The minimum Gasteiger partial charge on any atom is -0.374 e. The first-order valence-corrected chi connectivity index (χ1v) is 9.78. The number of halogens is 7. The summed E-state index contributed by atoms with van der Waals surface area (Å²) in [6, 6.07) is -0.0902. The largest absolute Gasteiger partial charge is 0.500 e. The summed E-state index contributed by atoms with van der Waals surface area (Å²) in [5.74, 6) is -14.9. The smallest absolute Gasteiger partial charge is 0.374 e. The van der Waals surface area contributed by atoms with E-state index in [0.717, 1.165) is 0 Å². The Morgan fingerprint density at radius 1 is 1.00 bits per heavy atom. The maximum Gasteiger partial charge on any atom is 0.500 e. The van der Waals surface area contributed by atoms with Crippen LogP contribution in [0.3, 0.4) is 0 Å². The molecule has 0 saturated heterocycles. The summed E-state index contributed by atoms with van der Waals surface area (Å²) in [4.78, 5) is 11.2. The molecule has 0 saturated carbocycles. The van der Waals surface area contributed by atoms with Gasteiger partial charge in [0, 0.05) is 25.9 Å². The van der Waals surface area contributed by atoms with Gasteiger partial charge in [-0.1, -0.05) is 4.48 Å². The zero-order valence-electron chi connectivity index (χ0n) is 14.5. The van der Waals surface area contributed by atoms with E-state index in [2.05, 4.69) is 0 Å². The van der Waals surface area contributed by atoms with Crippen molar-refractivity contribution in [1.29, 1.82) is 0 Å². The lowest BCUT2D eigenvalue weighted by molar-refractivity contribution is -0.265. The predicted octanol–water partition coefficient (Wildman–Crippen LogP) is 3.67. The van der Waals surface area contributed by atoms with E-state index < -0.39 is 44.6 Å². The number of hydrogen-bond acceptors (Lipinski definition) is 4. The molecule has 0 radical (unpaired) electrons. The van der Waals surface area contributed by atoms with Crippen LogP contribution in [-0.2, 0) is 18.1 Å². The summed E-state index contributed by atoms with van der Waals surface area (Å²) >= 11 is 0. The molecular formula is C13H22F7NO4Si. The van der Waals surface area contributed by atoms with Crippen LogP contribution in [0.1, 0.15) is 27.2 Å². The van der Waals surface area contributed by atoms with E-state index in [1.54, 1.807) is 20.8 Å². The van der Waals surface area contributed by atoms with Gasteiger partial charge in [-0.3, -0.25) is 4.79 Å². The molecule has 0 aliphatic carbocycles. The molecule has 0 spiro atoms. The van der Waals surface area contributed by atoms with E-state index in [0.29, 0.717) is 0 Å². The first-order valence-electron chi connectivity index (χ1n) is 7.85. The van der Waals surface area contributed by atoms with E-state index in [9.17, 15) is 35.6 Å². The number of alkyl halides is 6. The number of amides is 1. The molecule has 1 amide bonds. The van der Waals surface area contributed by atoms with Gasteiger partial charge in [0.15, 0.2) is 0 Å². The fourth-order valence-corrected chi connectivity index (χ4v) is 4.56. The summed E-state index contributed by atoms with van der Waals surface area (Å²) in [7, 11) is -3.26. The van der Waals surface area contributed by atoms with Crippen LogP contribution in [0.4, 0.5) is 30.8 Å². The van der Waals surface area contributed by atoms with Crippen LogP contribution in [0.15, 0.2) is 0 Å². The van der Waals surface area contributed by atoms with Gasteiger partial charge in [-0.25, -0.2) is 8.78 Å². The molecule has 5 nitrogen and oxygen atoms in total. The van der Waals surface area contributed by atoms with Gasteiger partial charge in [-0.05, 0) is 27.2 Å². The van der Waals surface area contributed by atoms with Gasteiger partial charge in [0.1, 0.15) is 0 Å². The van der Waals surface area contributed by atoms with Gasteiger partial charge in [0.2, 0.25) is 0 Å². The predicted molar refractivity (Wildman–Crippen MR) is 78.8 cm³/mol. The topological polar surface area (TPSA) is 48.0 Å². The highest BCUT2D eigenvalue weighted by atomic mass is 28.4. The lowest BCUT2D eigenvalue weighted by atomic mass is 10.1. The van der Waals surface area contributed by atoms with Gasteiger partial charge < -0.3 is 13.3 Å². The highest BCUT2D eigenvalue weighted by molar-refractivity contribution is 6.60. The SMILES string of the molecule is CCO[Si](CCCN(F)C(=O)C(F)(F)C(F)(F)C(F)F)(OCC)OCC. The van der Waals surface area contributed by atoms with Gasteiger partial charge in [-0.2, -0.15) is 22.7 Å². The summed E-state index contributed by atoms with van der Waals surface area (Å²) in [6.07, 6.45) is -5.16. The van der Waals surface area contributed by atoms with Gasteiger partial charge in [0.05, 0.1) is 6.54 Å². The van der Waals surface area contributed by atoms with Crippen LogP contribution >= 0.6 is 0 Å². The highest BCUT2D eigenvalue weighted by Gasteiger charge is 2.69. The van der Waals surface area contributed by atoms with Crippen LogP contribution in [0, 0.1) is 0 Å². The lowest BCUT2D eigenvalue weighted by Crippen LogP contribution is -2.55. The molecule has 0 aliphatic rings. The third kappa shape index (κ3) is 6.06. The van der Waals surface area contributed by atoms with Crippen molar-refractivity contribution < 1.29 is 48.9 Å². The monoisotopic (exact) mass is 417 g/mol. The van der Waals surface area contributed by atoms with Crippen molar-refractivity contribution >= 4 is 14.7 Å². The first kappa shape index (κ1) is 25.1. The Morgan fingerprint density at radius 2 is 1.42 bits per heavy atom. The molecule has 0 heterocycles. The molecule has 0 bridgehead atoms. The molecule has 0 fully saturated rings. The van der Waals surface area contributed by atoms with E-state index >= 15 is 0 Å². The maximum absolute atomic E-state index is 13.5. The quantitative estimate of drug-likeness (QED) is 0.261. The van der Waals surface area contributed by atoms with Crippen LogP contribution in [-0.4, -0.2) is 64.5 Å². The molecule has 0 aromatic carbocycles. The minimum absolute atomic E-state index is 0.0902. The molecule has 156 valence electrons. The molecule has 26 heavy (non-hydrogen) atoms. The van der Waals surface area contributed by atoms with Crippen LogP contribution in [0.2, 0.25) is 6.04 Å². The van der Waals surface area contributed by atoms with Crippen LogP contribution in [0.25, 0.3) is 0 Å². The van der Waals surface area contributed by atoms with E-state index in [-0.39, 0.29) is 32.3 Å². The van der Waals surface area contributed by atoms with Gasteiger partial charge in [0.25, 0.3) is 0 Å². The standard InChI is InChI=1S/C13H22F7NO4Si/c1-4-23-26(24-5-2,25-6-3)9-7-8-21(20)11(22)13(18,19)12(16,17)10(14)15/h10H,4-9H2,1-3H3. The molecule has 0 N–H and O–H groups in total. The van der Waals surface area contributed by atoms with E-state index in [1.807, 2.05) is 0 Å². The molecule has 0 unspecified atom stereocenters. The Hall–Kier alpha value is -0.923. The second-order valence-corrected chi connectivity index (χ2v) is 7.71. The fraction of sp³-hybridized carbons (Fsp3) is 0.923. The third-order valence-electron chi connectivity index (χ3n) is 3.11. The average Bonchev–Trinajstić information content (AvgIpc) is 2.54. The molecule has 13 heteroatoms. The second-order valence-electron chi connectivity index (χ2n) is 4.97. The fourth-order valence-electron chi connectivity index (χ4n) is 1.97. The minimum atomic E-state index is -5.99. The van der Waals surface area contributed by atoms with Crippen molar-refractivity contribution in [3.05, 3.63) is 0 Å². The first-order chi connectivity index (χ1) is 11.9. The van der Waals surface area contributed by atoms with Crippen LogP contribution in [0.5, 0.6) is 0 Å². The zero-order valence-corrected chi connectivity index (χ0v) is 15.5. The number of hydrogen-bond donors (Lipinski definition) is 0. The van der Waals surface area contributed by atoms with Crippen LogP contribution < -0.4 is 0 Å². The lowest BCUT2D eigenvalue weighted by Gasteiger charge is -2.29. The zero-order chi connectivity index (χ0) is 20.6. The Bertz CT molecular complexity index is 426. The number of nitrogens with zero attached hydrogens (tertiary/aromatic N) is 1. The summed E-state index contributed by atoms with van der Waals surface area (Å²) in [6.45, 7) is 4.42. The molecular weight excluding hydrogens is 395 g/mol. The molecule has 0 aromatic rings. The van der Waals surface area contributed by atoms with Crippen molar-refractivity contribution in [1.82, 2.24) is 5.12 Å². The van der Waals surface area contributed by atoms with Crippen molar-refractivity contribution in [2.24, 2.45) is 0 Å². The van der Waals surface area contributed by atoms with Gasteiger partial charge >= 0.3 is 33.0 Å². The molecule has 0 aromatic heterocycles. The maximum atomic E-state index is 13.5. The average molecular weight is 417 g/mol. The van der Waals surface area contributed by atoms with Crippen molar-refractivity contribution in [3.63, 3.8) is 0 Å². The Labute approximate surface area is 147 Å². The normalized spacial score (nSPS) is 13.3. The second kappa shape index (κ2) is 10.4. The summed E-state index contributed by atoms with van der Waals surface area (Å²) in [5.41, 5.74) is 0. The van der Waals surface area contributed by atoms with E-state index in [1.165, 1.54) is 0 Å². The number of carbonyl (C=O) groups excluding carboxylic acids is 1. The van der Waals surface area contributed by atoms with E-state index in [4.69, 9.17) is 13.3 Å².